The number of carbonyl (C=O) groups excluding carboxylic acids is 1. The molecule has 0 N–H and O–H groups in total. The van der Waals surface area contributed by atoms with Gasteiger partial charge in [-0.2, -0.15) is 0 Å². The zero-order valence-corrected chi connectivity index (χ0v) is 20.2. The molecule has 9 heteroatoms. The molecule has 0 radical (unpaired) electrons. The van der Waals surface area contributed by atoms with Gasteiger partial charge in [-0.25, -0.2) is 4.98 Å². The number of morpholine rings is 1. The molecule has 0 aliphatic carbocycles. The highest BCUT2D eigenvalue weighted by Crippen LogP contribution is 2.35. The number of ether oxygens (including phenoxy) is 2. The maximum Gasteiger partial charge on any atom is 0.261 e. The van der Waals surface area contributed by atoms with Gasteiger partial charge in [-0.15, -0.1) is 0 Å². The quantitative estimate of drug-likeness (QED) is 0.422. The van der Waals surface area contributed by atoms with Crippen LogP contribution in [-0.2, 0) is 4.74 Å². The fourth-order valence-corrected chi connectivity index (χ4v) is 5.05. The first-order valence-electron chi connectivity index (χ1n) is 10.7. The SMILES string of the molecule is CCOc1cccc2sc(N(CCCN3CCOCC3)C(=O)c3cc(Cl)ccc3Cl)nc12. The number of hydrogen-bond donors (Lipinski definition) is 0. The lowest BCUT2D eigenvalue weighted by Gasteiger charge is -2.27. The average Bonchev–Trinajstić information content (AvgIpc) is 3.24. The lowest BCUT2D eigenvalue weighted by Crippen LogP contribution is -2.39. The molecule has 4 rings (SSSR count). The molecule has 1 aliphatic rings. The molecule has 2 heterocycles. The second-order valence-corrected chi connectivity index (χ2v) is 9.27. The van der Waals surface area contributed by atoms with Crippen LogP contribution < -0.4 is 9.64 Å². The van der Waals surface area contributed by atoms with E-state index in [1.165, 1.54) is 11.3 Å². The van der Waals surface area contributed by atoms with Crippen LogP contribution in [0.15, 0.2) is 36.4 Å². The third kappa shape index (κ3) is 5.35. The van der Waals surface area contributed by atoms with E-state index in [-0.39, 0.29) is 5.91 Å². The van der Waals surface area contributed by atoms with Crippen molar-refractivity contribution in [2.24, 2.45) is 0 Å². The average molecular weight is 494 g/mol. The summed E-state index contributed by atoms with van der Waals surface area (Å²) in [6.07, 6.45) is 0.804. The van der Waals surface area contributed by atoms with E-state index in [4.69, 9.17) is 37.7 Å². The third-order valence-corrected chi connectivity index (χ3v) is 6.87. The number of nitrogens with zero attached hydrogens (tertiary/aromatic N) is 3. The topological polar surface area (TPSA) is 54.9 Å². The van der Waals surface area contributed by atoms with Gasteiger partial charge < -0.3 is 9.47 Å². The number of amides is 1. The van der Waals surface area contributed by atoms with Crippen molar-refractivity contribution in [3.05, 3.63) is 52.0 Å². The molecule has 0 saturated carbocycles. The van der Waals surface area contributed by atoms with Gasteiger partial charge in [-0.1, -0.05) is 40.6 Å². The Morgan fingerprint density at radius 3 is 2.84 bits per heavy atom. The number of halogens is 2. The molecule has 0 unspecified atom stereocenters. The predicted octanol–water partition coefficient (Wildman–Crippen LogP) is 5.37. The first kappa shape index (κ1) is 23.3. The minimum Gasteiger partial charge on any atom is -0.492 e. The minimum absolute atomic E-state index is 0.212. The summed E-state index contributed by atoms with van der Waals surface area (Å²) in [6, 6.07) is 10.8. The van der Waals surface area contributed by atoms with Crippen LogP contribution in [0.5, 0.6) is 5.75 Å². The molecule has 1 aromatic heterocycles. The molecule has 1 aliphatic heterocycles. The maximum atomic E-state index is 13.6. The van der Waals surface area contributed by atoms with Gasteiger partial charge in [0.05, 0.1) is 35.1 Å². The molecule has 0 atom stereocenters. The molecule has 170 valence electrons. The standard InChI is InChI=1S/C23H25Cl2N3O3S/c1-2-31-19-5-3-6-20-21(19)26-23(32-20)28(10-4-9-27-11-13-30-14-12-27)22(29)17-15-16(24)7-8-18(17)25/h3,5-8,15H,2,4,9-14H2,1H3. The second kappa shape index (κ2) is 10.8. The van der Waals surface area contributed by atoms with Crippen molar-refractivity contribution >= 4 is 55.8 Å². The number of hydrogen-bond acceptors (Lipinski definition) is 6. The Labute approximate surface area is 201 Å². The Bertz CT molecular complexity index is 1090. The summed E-state index contributed by atoms with van der Waals surface area (Å²) < 4.78 is 12.1. The number of aromatic nitrogens is 1. The van der Waals surface area contributed by atoms with Crippen LogP contribution in [0.3, 0.4) is 0 Å². The Hall–Kier alpha value is -1.90. The van der Waals surface area contributed by atoms with E-state index < -0.39 is 0 Å². The van der Waals surface area contributed by atoms with Crippen molar-refractivity contribution in [1.82, 2.24) is 9.88 Å². The van der Waals surface area contributed by atoms with E-state index in [9.17, 15) is 4.79 Å². The van der Waals surface area contributed by atoms with Crippen molar-refractivity contribution in [3.63, 3.8) is 0 Å². The number of anilines is 1. The van der Waals surface area contributed by atoms with Crippen LogP contribution >= 0.6 is 34.5 Å². The zero-order chi connectivity index (χ0) is 22.5. The number of thiazole rings is 1. The van der Waals surface area contributed by atoms with E-state index in [0.717, 1.165) is 49.5 Å². The number of fused-ring (bicyclic) bond motifs is 1. The fourth-order valence-electron chi connectivity index (χ4n) is 3.67. The lowest BCUT2D eigenvalue weighted by molar-refractivity contribution is 0.0376. The van der Waals surface area contributed by atoms with Gasteiger partial charge in [0.15, 0.2) is 5.13 Å². The summed E-state index contributed by atoms with van der Waals surface area (Å²) in [4.78, 5) is 22.4. The van der Waals surface area contributed by atoms with Gasteiger partial charge in [0.1, 0.15) is 11.3 Å². The Balaban J connectivity index is 1.63. The Morgan fingerprint density at radius 2 is 2.06 bits per heavy atom. The van der Waals surface area contributed by atoms with E-state index >= 15 is 0 Å². The third-order valence-electron chi connectivity index (χ3n) is 5.27. The molecule has 1 fully saturated rings. The normalized spacial score (nSPS) is 14.6. The van der Waals surface area contributed by atoms with Crippen LogP contribution in [0.2, 0.25) is 10.0 Å². The molecule has 32 heavy (non-hydrogen) atoms. The number of para-hydroxylation sites is 1. The van der Waals surface area contributed by atoms with Crippen LogP contribution in [0, 0.1) is 0 Å². The van der Waals surface area contributed by atoms with E-state index in [1.807, 2.05) is 25.1 Å². The molecule has 1 saturated heterocycles. The largest absolute Gasteiger partial charge is 0.492 e. The van der Waals surface area contributed by atoms with Crippen molar-refractivity contribution in [2.45, 2.75) is 13.3 Å². The summed E-state index contributed by atoms with van der Waals surface area (Å²) in [5.41, 5.74) is 1.13. The summed E-state index contributed by atoms with van der Waals surface area (Å²) >= 11 is 14.0. The summed E-state index contributed by atoms with van der Waals surface area (Å²) in [5, 5.41) is 1.46. The Morgan fingerprint density at radius 1 is 1.25 bits per heavy atom. The van der Waals surface area contributed by atoms with Crippen molar-refractivity contribution in [2.75, 3.05) is 50.9 Å². The molecule has 3 aromatic rings. The van der Waals surface area contributed by atoms with Gasteiger partial charge in [0.2, 0.25) is 0 Å². The smallest absolute Gasteiger partial charge is 0.261 e. The summed E-state index contributed by atoms with van der Waals surface area (Å²) in [5.74, 6) is 0.505. The second-order valence-electron chi connectivity index (χ2n) is 7.42. The molecule has 0 bridgehead atoms. The van der Waals surface area contributed by atoms with Crippen molar-refractivity contribution in [1.29, 1.82) is 0 Å². The highest BCUT2D eigenvalue weighted by molar-refractivity contribution is 7.22. The van der Waals surface area contributed by atoms with E-state index in [0.29, 0.717) is 39.6 Å². The molecular formula is C23H25Cl2N3O3S. The van der Waals surface area contributed by atoms with Gasteiger partial charge in [0.25, 0.3) is 5.91 Å². The van der Waals surface area contributed by atoms with Crippen molar-refractivity contribution < 1.29 is 14.3 Å². The van der Waals surface area contributed by atoms with Crippen LogP contribution in [0.25, 0.3) is 10.2 Å². The fraction of sp³-hybridized carbons (Fsp3) is 0.391. The maximum absolute atomic E-state index is 13.6. The highest BCUT2D eigenvalue weighted by Gasteiger charge is 2.24. The summed E-state index contributed by atoms with van der Waals surface area (Å²) in [7, 11) is 0. The Kier molecular flexibility index (Phi) is 7.86. The molecular weight excluding hydrogens is 469 g/mol. The zero-order valence-electron chi connectivity index (χ0n) is 17.9. The number of benzene rings is 2. The first-order chi connectivity index (χ1) is 15.6. The van der Waals surface area contributed by atoms with Gasteiger partial charge in [-0.3, -0.25) is 14.6 Å². The predicted molar refractivity (Wildman–Crippen MR) is 131 cm³/mol. The number of rotatable bonds is 8. The molecule has 6 nitrogen and oxygen atoms in total. The minimum atomic E-state index is -0.212. The molecule has 1 amide bonds. The van der Waals surface area contributed by atoms with Crippen LogP contribution in [0.1, 0.15) is 23.7 Å². The monoisotopic (exact) mass is 493 g/mol. The van der Waals surface area contributed by atoms with Crippen LogP contribution in [-0.4, -0.2) is 61.8 Å². The van der Waals surface area contributed by atoms with Crippen molar-refractivity contribution in [3.8, 4) is 5.75 Å². The molecule has 0 spiro atoms. The van der Waals surface area contributed by atoms with E-state index in [1.54, 1.807) is 23.1 Å². The van der Waals surface area contributed by atoms with Gasteiger partial charge >= 0.3 is 0 Å². The highest BCUT2D eigenvalue weighted by atomic mass is 35.5. The lowest BCUT2D eigenvalue weighted by atomic mass is 10.2. The van der Waals surface area contributed by atoms with Gasteiger partial charge in [-0.05, 0) is 43.7 Å². The number of carbonyl (C=O) groups is 1. The van der Waals surface area contributed by atoms with E-state index in [2.05, 4.69) is 4.90 Å². The van der Waals surface area contributed by atoms with Crippen LogP contribution in [0.4, 0.5) is 5.13 Å². The molecule has 2 aromatic carbocycles. The first-order valence-corrected chi connectivity index (χ1v) is 12.2. The summed E-state index contributed by atoms with van der Waals surface area (Å²) in [6.45, 7) is 7.20. The van der Waals surface area contributed by atoms with Gasteiger partial charge in [0, 0.05) is 31.2 Å².